The predicted molar refractivity (Wildman–Crippen MR) is 93.6 cm³/mol. The normalized spacial score (nSPS) is 11.1. The van der Waals surface area contributed by atoms with E-state index in [0.29, 0.717) is 12.2 Å². The van der Waals surface area contributed by atoms with Crippen LogP contribution in [0.15, 0.2) is 58.0 Å². The molecule has 1 heterocycles. The molecule has 2 aromatic carbocycles. The summed E-state index contributed by atoms with van der Waals surface area (Å²) in [6, 6.07) is 15.0. The molecule has 0 atom stereocenters. The number of ether oxygens (including phenoxy) is 1. The van der Waals surface area contributed by atoms with Gasteiger partial charge < -0.3 is 9.15 Å². The highest BCUT2D eigenvalue weighted by atomic mass is 16.5. The van der Waals surface area contributed by atoms with E-state index < -0.39 is 0 Å². The minimum absolute atomic E-state index is 0.278. The van der Waals surface area contributed by atoms with E-state index in [1.54, 1.807) is 6.21 Å². The Kier molecular flexibility index (Phi) is 4.61. The fourth-order valence-corrected chi connectivity index (χ4v) is 2.42. The molecule has 0 aliphatic heterocycles. The number of carbonyl (C=O) groups excluding carboxylic acids is 1. The van der Waals surface area contributed by atoms with Gasteiger partial charge >= 0.3 is 5.91 Å². The lowest BCUT2D eigenvalue weighted by molar-refractivity contribution is 0.0929. The first kappa shape index (κ1) is 15.8. The topological polar surface area (TPSA) is 63.8 Å². The summed E-state index contributed by atoms with van der Waals surface area (Å²) < 4.78 is 11.0. The number of fused-ring (bicyclic) bond motifs is 1. The van der Waals surface area contributed by atoms with Crippen molar-refractivity contribution in [1.29, 1.82) is 0 Å². The number of rotatable bonds is 5. The van der Waals surface area contributed by atoms with E-state index in [-0.39, 0.29) is 11.7 Å². The zero-order valence-corrected chi connectivity index (χ0v) is 13.6. The molecule has 3 aromatic rings. The van der Waals surface area contributed by atoms with Crippen molar-refractivity contribution in [3.05, 3.63) is 65.4 Å². The van der Waals surface area contributed by atoms with Crippen LogP contribution in [0.4, 0.5) is 0 Å². The van der Waals surface area contributed by atoms with Gasteiger partial charge in [-0.15, -0.1) is 0 Å². The van der Waals surface area contributed by atoms with E-state index in [1.165, 1.54) is 0 Å². The highest BCUT2D eigenvalue weighted by Crippen LogP contribution is 2.24. The highest BCUT2D eigenvalue weighted by molar-refractivity contribution is 5.99. The Balaban J connectivity index is 1.69. The number of hydrogen-bond acceptors (Lipinski definition) is 4. The number of nitrogens with one attached hydrogen (secondary N) is 1. The van der Waals surface area contributed by atoms with Crippen molar-refractivity contribution >= 4 is 23.1 Å². The molecule has 0 saturated carbocycles. The number of aryl methyl sites for hydroxylation is 1. The quantitative estimate of drug-likeness (QED) is 0.572. The first-order valence-electron chi connectivity index (χ1n) is 7.73. The average Bonchev–Trinajstić information content (AvgIpc) is 2.94. The summed E-state index contributed by atoms with van der Waals surface area (Å²) >= 11 is 0. The SMILES string of the molecule is CCOc1ccc(/C=N\NC(=O)c2oc3ccccc3c2C)cc1. The first-order valence-corrected chi connectivity index (χ1v) is 7.73. The van der Waals surface area contributed by atoms with Gasteiger partial charge in [-0.3, -0.25) is 4.79 Å². The zero-order valence-electron chi connectivity index (χ0n) is 13.6. The summed E-state index contributed by atoms with van der Waals surface area (Å²) in [5.41, 5.74) is 4.85. The second kappa shape index (κ2) is 7.00. The lowest BCUT2D eigenvalue weighted by Gasteiger charge is -2.02. The van der Waals surface area contributed by atoms with Gasteiger partial charge in [0.1, 0.15) is 11.3 Å². The summed E-state index contributed by atoms with van der Waals surface area (Å²) in [5.74, 6) is 0.711. The standard InChI is InChI=1S/C19H18N2O3/c1-3-23-15-10-8-14(9-11-15)12-20-21-19(22)18-13(2)16-6-4-5-7-17(16)24-18/h4-12H,3H2,1-2H3,(H,21,22)/b20-12-. The molecule has 0 fully saturated rings. The molecule has 24 heavy (non-hydrogen) atoms. The summed E-state index contributed by atoms with van der Waals surface area (Å²) in [7, 11) is 0. The Morgan fingerprint density at radius 1 is 1.21 bits per heavy atom. The first-order chi connectivity index (χ1) is 11.7. The minimum Gasteiger partial charge on any atom is -0.494 e. The molecule has 0 aliphatic rings. The summed E-state index contributed by atoms with van der Waals surface area (Å²) in [6.07, 6.45) is 1.58. The Bertz CT molecular complexity index is 879. The van der Waals surface area contributed by atoms with Crippen molar-refractivity contribution in [1.82, 2.24) is 5.43 Å². The molecule has 3 rings (SSSR count). The molecule has 5 nitrogen and oxygen atoms in total. The molecular weight excluding hydrogens is 304 g/mol. The molecule has 1 amide bonds. The van der Waals surface area contributed by atoms with Gasteiger partial charge in [0.05, 0.1) is 12.8 Å². The molecule has 0 aliphatic carbocycles. The van der Waals surface area contributed by atoms with Crippen LogP contribution < -0.4 is 10.2 Å². The third kappa shape index (κ3) is 3.30. The van der Waals surface area contributed by atoms with Crippen LogP contribution in [-0.2, 0) is 0 Å². The molecule has 0 spiro atoms. The van der Waals surface area contributed by atoms with E-state index >= 15 is 0 Å². The van der Waals surface area contributed by atoms with Gasteiger partial charge in [0, 0.05) is 10.9 Å². The van der Waals surface area contributed by atoms with E-state index in [2.05, 4.69) is 10.5 Å². The van der Waals surface area contributed by atoms with Crippen LogP contribution in [0.1, 0.15) is 28.6 Å². The van der Waals surface area contributed by atoms with Crippen LogP contribution in [0.25, 0.3) is 11.0 Å². The molecule has 0 saturated heterocycles. The number of para-hydroxylation sites is 1. The molecule has 0 unspecified atom stereocenters. The van der Waals surface area contributed by atoms with Crippen molar-refractivity contribution in [3.8, 4) is 5.75 Å². The molecule has 122 valence electrons. The fourth-order valence-electron chi connectivity index (χ4n) is 2.42. The number of hydrogen-bond donors (Lipinski definition) is 1. The highest BCUT2D eigenvalue weighted by Gasteiger charge is 2.16. The molecule has 5 heteroatoms. The Hall–Kier alpha value is -3.08. The molecular formula is C19H18N2O3. The number of nitrogens with zero attached hydrogens (tertiary/aromatic N) is 1. The Morgan fingerprint density at radius 3 is 2.67 bits per heavy atom. The molecule has 0 radical (unpaired) electrons. The van der Waals surface area contributed by atoms with Gasteiger partial charge in [-0.05, 0) is 49.7 Å². The molecule has 1 N–H and O–H groups in total. The van der Waals surface area contributed by atoms with Gasteiger partial charge in [-0.1, -0.05) is 18.2 Å². The largest absolute Gasteiger partial charge is 0.494 e. The van der Waals surface area contributed by atoms with Crippen LogP contribution in [0.5, 0.6) is 5.75 Å². The maximum absolute atomic E-state index is 12.2. The van der Waals surface area contributed by atoms with Crippen molar-refractivity contribution < 1.29 is 13.9 Å². The van der Waals surface area contributed by atoms with Gasteiger partial charge in [-0.25, -0.2) is 5.43 Å². The van der Waals surface area contributed by atoms with Gasteiger partial charge in [0.25, 0.3) is 0 Å². The van der Waals surface area contributed by atoms with Crippen molar-refractivity contribution in [2.75, 3.05) is 6.61 Å². The predicted octanol–water partition coefficient (Wildman–Crippen LogP) is 3.90. The third-order valence-corrected chi connectivity index (χ3v) is 3.62. The van der Waals surface area contributed by atoms with Gasteiger partial charge in [0.15, 0.2) is 5.76 Å². The summed E-state index contributed by atoms with van der Waals surface area (Å²) in [5, 5.41) is 4.91. The van der Waals surface area contributed by atoms with Gasteiger partial charge in [-0.2, -0.15) is 5.10 Å². The second-order valence-corrected chi connectivity index (χ2v) is 5.25. The van der Waals surface area contributed by atoms with E-state index in [0.717, 1.165) is 22.3 Å². The van der Waals surface area contributed by atoms with Crippen LogP contribution in [0, 0.1) is 6.92 Å². The van der Waals surface area contributed by atoms with E-state index in [9.17, 15) is 4.79 Å². The lowest BCUT2D eigenvalue weighted by atomic mass is 10.1. The van der Waals surface area contributed by atoms with E-state index in [1.807, 2.05) is 62.4 Å². The molecule has 1 aromatic heterocycles. The number of furan rings is 1. The fraction of sp³-hybridized carbons (Fsp3) is 0.158. The smallest absolute Gasteiger partial charge is 0.307 e. The van der Waals surface area contributed by atoms with Crippen LogP contribution in [0.3, 0.4) is 0 Å². The number of amides is 1. The summed E-state index contributed by atoms with van der Waals surface area (Å²) in [6.45, 7) is 4.42. The van der Waals surface area contributed by atoms with Crippen LogP contribution in [0.2, 0.25) is 0 Å². The average molecular weight is 322 g/mol. The maximum atomic E-state index is 12.2. The zero-order chi connectivity index (χ0) is 16.9. The van der Waals surface area contributed by atoms with Crippen LogP contribution in [-0.4, -0.2) is 18.7 Å². The Labute approximate surface area is 139 Å². The maximum Gasteiger partial charge on any atom is 0.307 e. The molecule has 0 bridgehead atoms. The number of hydrazone groups is 1. The minimum atomic E-state index is -0.370. The van der Waals surface area contributed by atoms with Gasteiger partial charge in [0.2, 0.25) is 0 Å². The number of carbonyl (C=O) groups is 1. The van der Waals surface area contributed by atoms with E-state index in [4.69, 9.17) is 9.15 Å². The van der Waals surface area contributed by atoms with Crippen molar-refractivity contribution in [3.63, 3.8) is 0 Å². The lowest BCUT2D eigenvalue weighted by Crippen LogP contribution is -2.17. The second-order valence-electron chi connectivity index (χ2n) is 5.25. The Morgan fingerprint density at radius 2 is 1.96 bits per heavy atom. The third-order valence-electron chi connectivity index (χ3n) is 3.62. The monoisotopic (exact) mass is 322 g/mol. The van der Waals surface area contributed by atoms with Crippen molar-refractivity contribution in [2.24, 2.45) is 5.10 Å². The van der Waals surface area contributed by atoms with Crippen LogP contribution >= 0.6 is 0 Å². The van der Waals surface area contributed by atoms with Crippen molar-refractivity contribution in [2.45, 2.75) is 13.8 Å². The number of benzene rings is 2. The summed E-state index contributed by atoms with van der Waals surface area (Å²) in [4.78, 5) is 12.2.